The third-order valence-electron chi connectivity index (χ3n) is 6.31. The maximum absolute atomic E-state index is 14.6. The summed E-state index contributed by atoms with van der Waals surface area (Å²) in [7, 11) is 3.65. The van der Waals surface area contributed by atoms with Crippen LogP contribution in [0.3, 0.4) is 0 Å². The molecule has 0 saturated carbocycles. The molecule has 0 fully saturated rings. The van der Waals surface area contributed by atoms with Gasteiger partial charge in [0.15, 0.2) is 11.6 Å². The average molecular weight is 461 g/mol. The third kappa shape index (κ3) is 3.67. The number of hydrogen-bond donors (Lipinski definition) is 1. The lowest BCUT2D eigenvalue weighted by Gasteiger charge is -2.22. The predicted octanol–water partition coefficient (Wildman–Crippen LogP) is 6.05. The fourth-order valence-corrected chi connectivity index (χ4v) is 4.80. The van der Waals surface area contributed by atoms with Crippen LogP contribution in [0.15, 0.2) is 60.8 Å². The number of rotatable bonds is 4. The second-order valence-electron chi connectivity index (χ2n) is 8.65. The molecule has 0 spiro atoms. The number of amides is 1. The SMILES string of the molecule is CN(C)c1c(NC(=O)[C@@H]2CCc3ccccc32)cnc2c(-c3cc(F)cc(F)c3F)cccc12. The van der Waals surface area contributed by atoms with Crippen LogP contribution in [0.2, 0.25) is 0 Å². The molecule has 1 heterocycles. The molecule has 172 valence electrons. The molecule has 0 unspecified atom stereocenters. The average Bonchev–Trinajstić information content (AvgIpc) is 3.25. The van der Waals surface area contributed by atoms with Gasteiger partial charge in [-0.3, -0.25) is 9.78 Å². The van der Waals surface area contributed by atoms with Gasteiger partial charge in [-0.05, 0) is 30.0 Å². The summed E-state index contributed by atoms with van der Waals surface area (Å²) in [5, 5.41) is 3.64. The standard InChI is InChI=1S/C27H22F3N3O/c1-33(2)26-20-9-5-8-18(21-12-16(28)13-22(29)24(21)30)25(20)31-14-23(26)32-27(34)19-11-10-15-6-3-4-7-17(15)19/h3-9,12-14,19H,10-11H2,1-2H3,(H,32,34)/t19-/m1/s1. The summed E-state index contributed by atoms with van der Waals surface area (Å²) in [6.07, 6.45) is 3.09. The lowest BCUT2D eigenvalue weighted by atomic mass is 9.99. The minimum Gasteiger partial charge on any atom is -0.375 e. The summed E-state index contributed by atoms with van der Waals surface area (Å²) < 4.78 is 42.3. The van der Waals surface area contributed by atoms with Gasteiger partial charge in [0.25, 0.3) is 0 Å². The van der Waals surface area contributed by atoms with Gasteiger partial charge in [-0.1, -0.05) is 42.5 Å². The molecule has 1 atom stereocenters. The highest BCUT2D eigenvalue weighted by molar-refractivity contribution is 6.08. The molecule has 1 N–H and O–H groups in total. The number of nitrogens with one attached hydrogen (secondary N) is 1. The number of benzene rings is 3. The van der Waals surface area contributed by atoms with Crippen LogP contribution in [0.1, 0.15) is 23.5 Å². The largest absolute Gasteiger partial charge is 0.375 e. The van der Waals surface area contributed by atoms with Gasteiger partial charge in [0.2, 0.25) is 5.91 Å². The summed E-state index contributed by atoms with van der Waals surface area (Å²) in [6, 6.07) is 14.4. The van der Waals surface area contributed by atoms with Gasteiger partial charge in [-0.15, -0.1) is 0 Å². The number of nitrogens with zero attached hydrogens (tertiary/aromatic N) is 2. The van der Waals surface area contributed by atoms with Crippen LogP contribution in [-0.2, 0) is 11.2 Å². The quantitative estimate of drug-likeness (QED) is 0.376. The van der Waals surface area contributed by atoms with Crippen LogP contribution in [0.5, 0.6) is 0 Å². The van der Waals surface area contributed by atoms with E-state index >= 15 is 0 Å². The van der Waals surface area contributed by atoms with Crippen LogP contribution < -0.4 is 10.2 Å². The number of carbonyl (C=O) groups excluding carboxylic acids is 1. The fourth-order valence-electron chi connectivity index (χ4n) is 4.80. The van der Waals surface area contributed by atoms with Crippen molar-refractivity contribution >= 4 is 28.2 Å². The number of carbonyl (C=O) groups is 1. The molecule has 1 aliphatic rings. The Balaban J connectivity index is 1.59. The first-order valence-electron chi connectivity index (χ1n) is 11.0. The van der Waals surface area contributed by atoms with E-state index in [9.17, 15) is 18.0 Å². The molecule has 1 aliphatic carbocycles. The monoisotopic (exact) mass is 461 g/mol. The molecule has 5 rings (SSSR count). The number of hydrogen-bond acceptors (Lipinski definition) is 3. The number of aromatic nitrogens is 1. The summed E-state index contributed by atoms with van der Waals surface area (Å²) in [6.45, 7) is 0. The fraction of sp³-hybridized carbons (Fsp3) is 0.185. The molecule has 3 aromatic carbocycles. The number of halogens is 3. The first-order chi connectivity index (χ1) is 16.3. The van der Waals surface area contributed by atoms with Crippen LogP contribution in [0.4, 0.5) is 24.5 Å². The highest BCUT2D eigenvalue weighted by Crippen LogP contribution is 2.39. The van der Waals surface area contributed by atoms with E-state index < -0.39 is 17.5 Å². The Morgan fingerprint density at radius 3 is 2.62 bits per heavy atom. The van der Waals surface area contributed by atoms with Gasteiger partial charge in [0.1, 0.15) is 5.82 Å². The molecule has 7 heteroatoms. The van der Waals surface area contributed by atoms with Crippen molar-refractivity contribution in [1.82, 2.24) is 4.98 Å². The minimum atomic E-state index is -1.26. The molecule has 0 bridgehead atoms. The zero-order chi connectivity index (χ0) is 24.0. The van der Waals surface area contributed by atoms with E-state index in [0.29, 0.717) is 28.3 Å². The van der Waals surface area contributed by atoms with Crippen molar-refractivity contribution in [3.05, 3.63) is 89.4 Å². The molecule has 0 radical (unpaired) electrons. The summed E-state index contributed by atoms with van der Waals surface area (Å²) in [5.74, 6) is -3.65. The van der Waals surface area contributed by atoms with E-state index in [1.807, 2.05) is 43.3 Å². The van der Waals surface area contributed by atoms with E-state index in [2.05, 4.69) is 10.3 Å². The first-order valence-corrected chi connectivity index (χ1v) is 11.0. The molecule has 34 heavy (non-hydrogen) atoms. The Morgan fingerprint density at radius 2 is 1.82 bits per heavy atom. The number of pyridine rings is 1. The van der Waals surface area contributed by atoms with Crippen molar-refractivity contribution in [3.63, 3.8) is 0 Å². The van der Waals surface area contributed by atoms with Crippen molar-refractivity contribution in [2.75, 3.05) is 24.3 Å². The van der Waals surface area contributed by atoms with E-state index in [1.165, 1.54) is 11.8 Å². The van der Waals surface area contributed by atoms with Gasteiger partial charge >= 0.3 is 0 Å². The van der Waals surface area contributed by atoms with Crippen LogP contribution in [-0.4, -0.2) is 25.0 Å². The van der Waals surface area contributed by atoms with Crippen molar-refractivity contribution < 1.29 is 18.0 Å². The van der Waals surface area contributed by atoms with E-state index in [0.717, 1.165) is 24.5 Å². The zero-order valence-corrected chi connectivity index (χ0v) is 18.7. The van der Waals surface area contributed by atoms with Gasteiger partial charge < -0.3 is 10.2 Å². The van der Waals surface area contributed by atoms with Crippen molar-refractivity contribution in [1.29, 1.82) is 0 Å². The highest BCUT2D eigenvalue weighted by Gasteiger charge is 2.29. The van der Waals surface area contributed by atoms with Gasteiger partial charge in [-0.25, -0.2) is 13.2 Å². The lowest BCUT2D eigenvalue weighted by Crippen LogP contribution is -2.22. The Labute approximate surface area is 195 Å². The summed E-state index contributed by atoms with van der Waals surface area (Å²) in [4.78, 5) is 19.5. The Bertz CT molecular complexity index is 1430. The molecule has 0 aliphatic heterocycles. The van der Waals surface area contributed by atoms with Crippen molar-refractivity contribution in [3.8, 4) is 11.1 Å². The first kappa shape index (κ1) is 21.9. The van der Waals surface area contributed by atoms with E-state index in [4.69, 9.17) is 0 Å². The number of para-hydroxylation sites is 1. The third-order valence-corrected chi connectivity index (χ3v) is 6.31. The predicted molar refractivity (Wildman–Crippen MR) is 128 cm³/mol. The molecule has 4 nitrogen and oxygen atoms in total. The van der Waals surface area contributed by atoms with Gasteiger partial charge in [0, 0.05) is 36.7 Å². The summed E-state index contributed by atoms with van der Waals surface area (Å²) >= 11 is 0. The Morgan fingerprint density at radius 1 is 1.03 bits per heavy atom. The Hall–Kier alpha value is -3.87. The van der Waals surface area contributed by atoms with Gasteiger partial charge in [0.05, 0.1) is 29.0 Å². The highest BCUT2D eigenvalue weighted by atomic mass is 19.2. The van der Waals surface area contributed by atoms with E-state index in [1.54, 1.807) is 18.2 Å². The molecule has 1 amide bonds. The molecule has 0 saturated heterocycles. The maximum Gasteiger partial charge on any atom is 0.232 e. The van der Waals surface area contributed by atoms with Crippen LogP contribution in [0.25, 0.3) is 22.0 Å². The molecular weight excluding hydrogens is 439 g/mol. The number of anilines is 2. The normalized spacial score (nSPS) is 14.8. The molecular formula is C27H22F3N3O. The van der Waals surface area contributed by atoms with Crippen molar-refractivity contribution in [2.45, 2.75) is 18.8 Å². The van der Waals surface area contributed by atoms with Crippen LogP contribution in [0, 0.1) is 17.5 Å². The second-order valence-corrected chi connectivity index (χ2v) is 8.65. The molecule has 4 aromatic rings. The second kappa shape index (κ2) is 8.48. The zero-order valence-electron chi connectivity index (χ0n) is 18.7. The van der Waals surface area contributed by atoms with Crippen molar-refractivity contribution in [2.24, 2.45) is 0 Å². The van der Waals surface area contributed by atoms with Crippen LogP contribution >= 0.6 is 0 Å². The Kier molecular flexibility index (Phi) is 5.48. The smallest absolute Gasteiger partial charge is 0.232 e. The number of fused-ring (bicyclic) bond motifs is 2. The van der Waals surface area contributed by atoms with E-state index in [-0.39, 0.29) is 23.0 Å². The van der Waals surface area contributed by atoms with Gasteiger partial charge in [-0.2, -0.15) is 0 Å². The maximum atomic E-state index is 14.6. The number of aryl methyl sites for hydroxylation is 1. The topological polar surface area (TPSA) is 45.2 Å². The summed E-state index contributed by atoms with van der Waals surface area (Å²) in [5.41, 5.74) is 3.82. The lowest BCUT2D eigenvalue weighted by molar-refractivity contribution is -0.117. The molecule has 1 aromatic heterocycles. The minimum absolute atomic E-state index is 0.122.